The smallest absolute Gasteiger partial charge is 0.123 e. The molecule has 1 N–H and O–H groups in total. The minimum absolute atomic E-state index is 0.117. The van der Waals surface area contributed by atoms with Gasteiger partial charge < -0.3 is 5.32 Å². The van der Waals surface area contributed by atoms with Gasteiger partial charge in [0.1, 0.15) is 5.82 Å². The Morgan fingerprint density at radius 1 is 1.21 bits per heavy atom. The van der Waals surface area contributed by atoms with Gasteiger partial charge in [0.05, 0.1) is 6.04 Å². The number of fused-ring (bicyclic) bond motifs is 2. The van der Waals surface area contributed by atoms with E-state index in [1.54, 1.807) is 6.07 Å². The van der Waals surface area contributed by atoms with Gasteiger partial charge in [0.15, 0.2) is 0 Å². The normalized spacial score (nSPS) is 20.8. The molecule has 2 aliphatic rings. The first-order valence-corrected chi connectivity index (χ1v) is 11.6. The molecule has 4 rings (SSSR count). The van der Waals surface area contributed by atoms with E-state index in [-0.39, 0.29) is 17.3 Å². The molecule has 154 valence electrons. The second-order valence-corrected chi connectivity index (χ2v) is 9.69. The molecule has 0 radical (unpaired) electrons. The molecule has 0 saturated heterocycles. The highest BCUT2D eigenvalue weighted by Crippen LogP contribution is 2.53. The number of aliphatic imine (C=N–C) groups is 1. The lowest BCUT2D eigenvalue weighted by Crippen LogP contribution is -2.34. The van der Waals surface area contributed by atoms with Crippen LogP contribution in [0.1, 0.15) is 82.0 Å². The number of nitrogens with one attached hydrogen (secondary N) is 1. The first-order valence-electron chi connectivity index (χ1n) is 10.8. The molecular weight excluding hydrogens is 427 g/mol. The van der Waals surface area contributed by atoms with Crippen molar-refractivity contribution < 1.29 is 4.39 Å². The Morgan fingerprint density at radius 2 is 1.97 bits per heavy atom. The summed E-state index contributed by atoms with van der Waals surface area (Å²) in [5.41, 5.74) is 6.25. The number of benzene rings is 2. The molecule has 4 heteroatoms. The number of nitrogens with zero attached hydrogens (tertiary/aromatic N) is 1. The van der Waals surface area contributed by atoms with Crippen LogP contribution in [0, 0.1) is 5.82 Å². The summed E-state index contributed by atoms with van der Waals surface area (Å²) in [4.78, 5) is 4.86. The monoisotopic (exact) mass is 456 g/mol. The second kappa shape index (κ2) is 8.22. The summed E-state index contributed by atoms with van der Waals surface area (Å²) in [6.07, 6.45) is 6.89. The summed E-state index contributed by atoms with van der Waals surface area (Å²) >= 11 is 3.64. The molecule has 0 amide bonds. The zero-order valence-corrected chi connectivity index (χ0v) is 19.2. The van der Waals surface area contributed by atoms with E-state index in [4.69, 9.17) is 4.99 Å². The van der Waals surface area contributed by atoms with Crippen LogP contribution in [0.25, 0.3) is 0 Å². The van der Waals surface area contributed by atoms with Crippen molar-refractivity contribution >= 4 is 27.3 Å². The van der Waals surface area contributed by atoms with E-state index in [0.29, 0.717) is 6.04 Å². The lowest BCUT2D eigenvalue weighted by molar-refractivity contribution is 0.365. The van der Waals surface area contributed by atoms with Crippen LogP contribution in [0.2, 0.25) is 0 Å². The van der Waals surface area contributed by atoms with E-state index in [2.05, 4.69) is 60.2 Å². The molecule has 1 heterocycles. The van der Waals surface area contributed by atoms with Gasteiger partial charge in [-0.15, -0.1) is 0 Å². The Morgan fingerprint density at radius 3 is 2.66 bits per heavy atom. The van der Waals surface area contributed by atoms with E-state index >= 15 is 0 Å². The summed E-state index contributed by atoms with van der Waals surface area (Å²) < 4.78 is 15.0. The molecule has 1 atom stereocenters. The summed E-state index contributed by atoms with van der Waals surface area (Å²) in [7, 11) is 0. The maximum atomic E-state index is 14.0. The summed E-state index contributed by atoms with van der Waals surface area (Å²) in [5, 5.41) is 3.72. The minimum Gasteiger partial charge on any atom is -0.378 e. The van der Waals surface area contributed by atoms with Gasteiger partial charge in [-0.1, -0.05) is 41.8 Å². The summed E-state index contributed by atoms with van der Waals surface area (Å²) in [6, 6.07) is 12.2. The van der Waals surface area contributed by atoms with Gasteiger partial charge in [0, 0.05) is 21.9 Å². The van der Waals surface area contributed by atoms with Crippen molar-refractivity contribution in [2.45, 2.75) is 76.8 Å². The van der Waals surface area contributed by atoms with Gasteiger partial charge in [-0.05, 0) is 92.0 Å². The van der Waals surface area contributed by atoms with E-state index < -0.39 is 0 Å². The number of halogens is 2. The fraction of sp³-hybridized carbons (Fsp3) is 0.480. The second-order valence-electron chi connectivity index (χ2n) is 8.84. The fourth-order valence-corrected chi connectivity index (χ4v) is 5.73. The highest BCUT2D eigenvalue weighted by atomic mass is 79.9. The molecule has 1 aliphatic heterocycles. The van der Waals surface area contributed by atoms with Crippen LogP contribution in [0.3, 0.4) is 0 Å². The molecule has 29 heavy (non-hydrogen) atoms. The Kier molecular flexibility index (Phi) is 5.83. The molecule has 1 saturated carbocycles. The summed E-state index contributed by atoms with van der Waals surface area (Å²) in [6.45, 7) is 6.45. The molecule has 1 fully saturated rings. The predicted octanol–water partition coefficient (Wildman–Crippen LogP) is 7.56. The molecule has 0 bridgehead atoms. The van der Waals surface area contributed by atoms with Crippen LogP contribution in [-0.4, -0.2) is 11.8 Å². The quantitative estimate of drug-likeness (QED) is 0.471. The van der Waals surface area contributed by atoms with Crippen molar-refractivity contribution in [2.24, 2.45) is 4.99 Å². The van der Waals surface area contributed by atoms with E-state index in [9.17, 15) is 4.39 Å². The highest BCUT2D eigenvalue weighted by molar-refractivity contribution is 9.10. The van der Waals surface area contributed by atoms with Crippen molar-refractivity contribution in [2.75, 3.05) is 5.32 Å². The molecule has 1 unspecified atom stereocenters. The number of hydrogen-bond donors (Lipinski definition) is 1. The standard InChI is InChI=1S/C25H30BrFN2/c1-4-22(28-16(2)3)17-7-10-23-20(13-17)25(11-5-6-12-25)15-24(29-23)19-14-18(27)8-9-21(19)26/h7-10,13-14,16,24,29H,4-6,11-12,15H2,1-3H3. The Balaban J connectivity index is 1.78. The SMILES string of the molecule is CCC(=NC(C)C)c1ccc2c(c1)C1(CCCC1)CC(c1cc(F)ccc1Br)N2. The first-order chi connectivity index (χ1) is 13.9. The van der Waals surface area contributed by atoms with Crippen molar-refractivity contribution in [3.05, 3.63) is 63.4 Å². The predicted molar refractivity (Wildman–Crippen MR) is 124 cm³/mol. The maximum absolute atomic E-state index is 14.0. The average molecular weight is 457 g/mol. The number of hydrogen-bond acceptors (Lipinski definition) is 2. The zero-order valence-electron chi connectivity index (χ0n) is 17.6. The third-order valence-electron chi connectivity index (χ3n) is 6.49. The van der Waals surface area contributed by atoms with Gasteiger partial charge in [-0.2, -0.15) is 0 Å². The van der Waals surface area contributed by atoms with Crippen LogP contribution >= 0.6 is 15.9 Å². The first kappa shape index (κ1) is 20.6. The van der Waals surface area contributed by atoms with Crippen LogP contribution in [0.4, 0.5) is 10.1 Å². The third-order valence-corrected chi connectivity index (χ3v) is 7.21. The number of anilines is 1. The Bertz CT molecular complexity index is 928. The lowest BCUT2D eigenvalue weighted by atomic mass is 9.69. The Hall–Kier alpha value is -1.68. The van der Waals surface area contributed by atoms with Crippen molar-refractivity contribution in [3.63, 3.8) is 0 Å². The number of rotatable bonds is 4. The Labute approximate surface area is 182 Å². The van der Waals surface area contributed by atoms with Crippen LogP contribution < -0.4 is 5.32 Å². The zero-order chi connectivity index (χ0) is 20.6. The molecule has 1 aliphatic carbocycles. The van der Waals surface area contributed by atoms with E-state index in [1.165, 1.54) is 54.3 Å². The molecule has 2 aromatic carbocycles. The topological polar surface area (TPSA) is 24.4 Å². The third kappa shape index (κ3) is 4.01. The molecule has 2 nitrogen and oxygen atoms in total. The van der Waals surface area contributed by atoms with E-state index in [1.807, 2.05) is 6.07 Å². The van der Waals surface area contributed by atoms with Crippen LogP contribution in [0.15, 0.2) is 45.9 Å². The van der Waals surface area contributed by atoms with Crippen molar-refractivity contribution in [1.82, 2.24) is 0 Å². The van der Waals surface area contributed by atoms with Crippen molar-refractivity contribution in [3.8, 4) is 0 Å². The van der Waals surface area contributed by atoms with Crippen molar-refractivity contribution in [1.29, 1.82) is 0 Å². The molecule has 2 aromatic rings. The maximum Gasteiger partial charge on any atom is 0.123 e. The average Bonchev–Trinajstić information content (AvgIpc) is 3.16. The van der Waals surface area contributed by atoms with Gasteiger partial charge >= 0.3 is 0 Å². The lowest BCUT2D eigenvalue weighted by Gasteiger charge is -2.42. The molecule has 0 aromatic heterocycles. The van der Waals surface area contributed by atoms with Gasteiger partial charge in [0.25, 0.3) is 0 Å². The summed E-state index contributed by atoms with van der Waals surface area (Å²) in [5.74, 6) is -0.177. The van der Waals surface area contributed by atoms with Crippen LogP contribution in [-0.2, 0) is 5.41 Å². The van der Waals surface area contributed by atoms with Gasteiger partial charge in [0.2, 0.25) is 0 Å². The fourth-order valence-electron chi connectivity index (χ4n) is 5.20. The highest BCUT2D eigenvalue weighted by Gasteiger charge is 2.43. The largest absolute Gasteiger partial charge is 0.378 e. The minimum atomic E-state index is -0.177. The van der Waals surface area contributed by atoms with Gasteiger partial charge in [-0.3, -0.25) is 4.99 Å². The molecule has 1 spiro atoms. The van der Waals surface area contributed by atoms with E-state index in [0.717, 1.165) is 22.9 Å². The van der Waals surface area contributed by atoms with Gasteiger partial charge in [-0.25, -0.2) is 4.39 Å². The molecular formula is C25H30BrFN2. The van der Waals surface area contributed by atoms with Crippen LogP contribution in [0.5, 0.6) is 0 Å².